The summed E-state index contributed by atoms with van der Waals surface area (Å²) in [6.45, 7) is 2.02. The number of esters is 1. The van der Waals surface area contributed by atoms with Crippen LogP contribution in [0.1, 0.15) is 27.6 Å². The number of nitrogens with one attached hydrogen (secondary N) is 1. The minimum atomic E-state index is -0.481. The second kappa shape index (κ2) is 8.84. The van der Waals surface area contributed by atoms with Crippen LogP contribution in [0, 0.1) is 5.82 Å². The van der Waals surface area contributed by atoms with E-state index < -0.39 is 17.7 Å². The van der Waals surface area contributed by atoms with Crippen molar-refractivity contribution in [1.29, 1.82) is 0 Å². The van der Waals surface area contributed by atoms with Gasteiger partial charge in [0, 0.05) is 11.1 Å². The maximum atomic E-state index is 13.1. The Kier molecular flexibility index (Phi) is 5.80. The molecule has 2 aromatic heterocycles. The lowest BCUT2D eigenvalue weighted by atomic mass is 10.1. The molecule has 2 heterocycles. The van der Waals surface area contributed by atoms with Gasteiger partial charge >= 0.3 is 5.97 Å². The highest BCUT2D eigenvalue weighted by Crippen LogP contribution is 2.28. The first-order chi connectivity index (χ1) is 15.5. The molecule has 0 aliphatic carbocycles. The molecule has 0 saturated carbocycles. The molecule has 0 saturated heterocycles. The van der Waals surface area contributed by atoms with Crippen molar-refractivity contribution in [2.75, 3.05) is 19.0 Å². The molecule has 4 rings (SSSR count). The third kappa shape index (κ3) is 4.13. The maximum Gasteiger partial charge on any atom is 0.338 e. The molecule has 0 radical (unpaired) electrons. The molecule has 1 N–H and O–H groups in total. The fourth-order valence-electron chi connectivity index (χ4n) is 3.16. The zero-order valence-electron chi connectivity index (χ0n) is 17.3. The number of methoxy groups -OCH3 is 1. The van der Waals surface area contributed by atoms with Crippen molar-refractivity contribution in [2.45, 2.75) is 6.92 Å². The molecule has 1 amide bonds. The fraction of sp³-hybridized carbons (Fsp3) is 0.130. The highest BCUT2D eigenvalue weighted by molar-refractivity contribution is 6.03. The standard InChI is InChI=1S/C23H19FN4O4/c1-3-32-22(30)16-6-4-5-15(13-16)18-11-12-19(31-2)20-25-23(27-28(18)20)26-21(29)14-7-9-17(24)10-8-14/h4-13H,3H2,1-2H3,(H,26,27,29). The van der Waals surface area contributed by atoms with Gasteiger partial charge in [-0.3, -0.25) is 10.1 Å². The third-order valence-corrected chi connectivity index (χ3v) is 4.67. The number of rotatable bonds is 6. The number of pyridine rings is 1. The van der Waals surface area contributed by atoms with Crippen LogP contribution in [0.25, 0.3) is 16.9 Å². The van der Waals surface area contributed by atoms with Crippen molar-refractivity contribution in [3.05, 3.63) is 77.6 Å². The number of carbonyl (C=O) groups excluding carboxylic acids is 2. The Bertz CT molecular complexity index is 1300. The average Bonchev–Trinajstić information content (AvgIpc) is 3.22. The topological polar surface area (TPSA) is 94.8 Å². The van der Waals surface area contributed by atoms with E-state index in [1.165, 1.54) is 35.9 Å². The van der Waals surface area contributed by atoms with Crippen molar-refractivity contribution in [3.8, 4) is 17.0 Å². The molecule has 9 heteroatoms. The lowest BCUT2D eigenvalue weighted by Crippen LogP contribution is -2.13. The van der Waals surface area contributed by atoms with E-state index in [1.54, 1.807) is 37.3 Å². The minimum absolute atomic E-state index is 0.0478. The van der Waals surface area contributed by atoms with Crippen LogP contribution in [0.4, 0.5) is 10.3 Å². The summed E-state index contributed by atoms with van der Waals surface area (Å²) in [5.74, 6) is -0.848. The summed E-state index contributed by atoms with van der Waals surface area (Å²) in [6, 6.07) is 15.6. The van der Waals surface area contributed by atoms with E-state index in [4.69, 9.17) is 9.47 Å². The lowest BCUT2D eigenvalue weighted by Gasteiger charge is -2.09. The number of aromatic nitrogens is 3. The first-order valence-electron chi connectivity index (χ1n) is 9.78. The number of nitrogens with zero attached hydrogens (tertiary/aromatic N) is 3. The largest absolute Gasteiger partial charge is 0.493 e. The van der Waals surface area contributed by atoms with Gasteiger partial charge in [0.05, 0.1) is 25.0 Å². The van der Waals surface area contributed by atoms with Gasteiger partial charge in [-0.1, -0.05) is 12.1 Å². The second-order valence-electron chi connectivity index (χ2n) is 6.72. The Morgan fingerprint density at radius 1 is 1.06 bits per heavy atom. The summed E-state index contributed by atoms with van der Waals surface area (Å²) in [5, 5.41) is 7.00. The van der Waals surface area contributed by atoms with Gasteiger partial charge in [0.1, 0.15) is 5.82 Å². The molecule has 0 spiro atoms. The first-order valence-corrected chi connectivity index (χ1v) is 9.78. The van der Waals surface area contributed by atoms with Gasteiger partial charge in [0.2, 0.25) is 5.95 Å². The number of hydrogen-bond acceptors (Lipinski definition) is 6. The minimum Gasteiger partial charge on any atom is -0.493 e. The SMILES string of the molecule is CCOC(=O)c1cccc(-c2ccc(OC)c3nc(NC(=O)c4ccc(F)cc4)nn23)c1. The molecular formula is C23H19FN4O4. The summed E-state index contributed by atoms with van der Waals surface area (Å²) >= 11 is 0. The van der Waals surface area contributed by atoms with Crippen molar-refractivity contribution < 1.29 is 23.5 Å². The molecular weight excluding hydrogens is 415 g/mol. The van der Waals surface area contributed by atoms with E-state index >= 15 is 0 Å². The molecule has 162 valence electrons. The van der Waals surface area contributed by atoms with Crippen LogP contribution >= 0.6 is 0 Å². The lowest BCUT2D eigenvalue weighted by molar-refractivity contribution is 0.0526. The Morgan fingerprint density at radius 3 is 2.56 bits per heavy atom. The van der Waals surface area contributed by atoms with Crippen molar-refractivity contribution in [3.63, 3.8) is 0 Å². The molecule has 4 aromatic rings. The zero-order chi connectivity index (χ0) is 22.7. The van der Waals surface area contributed by atoms with E-state index in [0.29, 0.717) is 28.2 Å². The number of fused-ring (bicyclic) bond motifs is 1. The fourth-order valence-corrected chi connectivity index (χ4v) is 3.16. The van der Waals surface area contributed by atoms with Crippen LogP contribution in [-0.4, -0.2) is 40.2 Å². The number of halogens is 1. The molecule has 0 unspecified atom stereocenters. The summed E-state index contributed by atoms with van der Waals surface area (Å²) in [5.41, 5.74) is 2.37. The third-order valence-electron chi connectivity index (χ3n) is 4.67. The van der Waals surface area contributed by atoms with Crippen LogP contribution in [0.3, 0.4) is 0 Å². The number of amides is 1. The van der Waals surface area contributed by atoms with E-state index in [-0.39, 0.29) is 18.1 Å². The van der Waals surface area contributed by atoms with E-state index in [9.17, 15) is 14.0 Å². The van der Waals surface area contributed by atoms with Gasteiger partial charge in [-0.15, -0.1) is 5.10 Å². The van der Waals surface area contributed by atoms with E-state index in [1.807, 2.05) is 6.07 Å². The monoisotopic (exact) mass is 434 g/mol. The molecule has 0 atom stereocenters. The van der Waals surface area contributed by atoms with Crippen LogP contribution in [-0.2, 0) is 4.74 Å². The number of carbonyl (C=O) groups is 2. The predicted octanol–water partition coefficient (Wildman–Crippen LogP) is 3.97. The van der Waals surface area contributed by atoms with Gasteiger partial charge in [0.15, 0.2) is 11.4 Å². The van der Waals surface area contributed by atoms with Crippen LogP contribution in [0.15, 0.2) is 60.7 Å². The van der Waals surface area contributed by atoms with Gasteiger partial charge in [0.25, 0.3) is 5.91 Å². The molecule has 32 heavy (non-hydrogen) atoms. The number of hydrogen-bond donors (Lipinski definition) is 1. The zero-order valence-corrected chi connectivity index (χ0v) is 17.3. The van der Waals surface area contributed by atoms with Crippen molar-refractivity contribution in [2.24, 2.45) is 0 Å². The van der Waals surface area contributed by atoms with Crippen LogP contribution in [0.5, 0.6) is 5.75 Å². The molecule has 0 bridgehead atoms. The quantitative estimate of drug-likeness (QED) is 0.462. The first kappa shape index (κ1) is 21.0. The highest BCUT2D eigenvalue weighted by atomic mass is 19.1. The second-order valence-corrected chi connectivity index (χ2v) is 6.72. The Hall–Kier alpha value is -4.27. The smallest absolute Gasteiger partial charge is 0.338 e. The summed E-state index contributed by atoms with van der Waals surface area (Å²) in [7, 11) is 1.50. The Labute approximate surface area is 182 Å². The number of ether oxygens (including phenoxy) is 2. The summed E-state index contributed by atoms with van der Waals surface area (Å²) in [6.07, 6.45) is 0. The highest BCUT2D eigenvalue weighted by Gasteiger charge is 2.17. The van der Waals surface area contributed by atoms with Crippen LogP contribution < -0.4 is 10.1 Å². The number of benzene rings is 2. The van der Waals surface area contributed by atoms with Gasteiger partial charge in [-0.25, -0.2) is 13.7 Å². The maximum absolute atomic E-state index is 13.1. The number of anilines is 1. The average molecular weight is 434 g/mol. The van der Waals surface area contributed by atoms with Crippen molar-refractivity contribution in [1.82, 2.24) is 14.6 Å². The summed E-state index contributed by atoms with van der Waals surface area (Å²) in [4.78, 5) is 29.0. The molecule has 8 nitrogen and oxygen atoms in total. The van der Waals surface area contributed by atoms with Gasteiger partial charge in [-0.2, -0.15) is 4.98 Å². The van der Waals surface area contributed by atoms with E-state index in [0.717, 1.165) is 0 Å². The van der Waals surface area contributed by atoms with E-state index in [2.05, 4.69) is 15.4 Å². The Balaban J connectivity index is 1.73. The van der Waals surface area contributed by atoms with Crippen LogP contribution in [0.2, 0.25) is 0 Å². The molecule has 0 fully saturated rings. The summed E-state index contributed by atoms with van der Waals surface area (Å²) < 4.78 is 25.1. The predicted molar refractivity (Wildman–Crippen MR) is 115 cm³/mol. The normalized spacial score (nSPS) is 10.7. The molecule has 0 aliphatic heterocycles. The van der Waals surface area contributed by atoms with Gasteiger partial charge < -0.3 is 9.47 Å². The van der Waals surface area contributed by atoms with Crippen molar-refractivity contribution >= 4 is 23.5 Å². The van der Waals surface area contributed by atoms with Gasteiger partial charge in [-0.05, 0) is 55.5 Å². The Morgan fingerprint density at radius 2 is 1.84 bits per heavy atom. The molecule has 0 aliphatic rings. The molecule has 2 aromatic carbocycles.